The average Bonchev–Trinajstić information content (AvgIpc) is 1.73. The van der Waals surface area contributed by atoms with Crippen LogP contribution in [0.15, 0.2) is 97.1 Å². The van der Waals surface area contributed by atoms with Gasteiger partial charge in [-0.2, -0.15) is 0 Å². The fraction of sp³-hybridized carbons (Fsp3) is 0.705. The molecule has 13 heterocycles. The van der Waals surface area contributed by atoms with Crippen LogP contribution in [0.5, 0.6) is 5.75 Å². The van der Waals surface area contributed by atoms with E-state index in [1.54, 1.807) is 6.07 Å². The Balaban J connectivity index is 0.000000133. The van der Waals surface area contributed by atoms with Crippen molar-refractivity contribution in [2.75, 3.05) is 182 Å². The van der Waals surface area contributed by atoms with Gasteiger partial charge in [-0.3, -0.25) is 19.2 Å². The second-order valence-corrected chi connectivity index (χ2v) is 37.0. The summed E-state index contributed by atoms with van der Waals surface area (Å²) >= 11 is 0. The van der Waals surface area contributed by atoms with Crippen molar-refractivity contribution in [3.05, 3.63) is 108 Å². The summed E-state index contributed by atoms with van der Waals surface area (Å²) < 4.78 is 28.5. The number of phenols is 1. The molecule has 0 saturated carbocycles. The van der Waals surface area contributed by atoms with Gasteiger partial charge in [0.25, 0.3) is 0 Å². The van der Waals surface area contributed by atoms with E-state index in [0.717, 1.165) is 236 Å². The molecule has 114 heavy (non-hydrogen) atoms. The third-order valence-corrected chi connectivity index (χ3v) is 30.6. The maximum atomic E-state index is 12.4. The number of fused-ring (bicyclic) bond motifs is 4. The molecule has 0 spiro atoms. The molecule has 4 aromatic carbocycles. The van der Waals surface area contributed by atoms with Gasteiger partial charge in [0.15, 0.2) is 0 Å². The first kappa shape index (κ1) is 85.2. The fourth-order valence-electron chi connectivity index (χ4n) is 22.6. The predicted octanol–water partition coefficient (Wildman–Crippen LogP) is 15.1. The van der Waals surface area contributed by atoms with E-state index in [1.807, 2.05) is 18.2 Å². The summed E-state index contributed by atoms with van der Waals surface area (Å²) in [6.45, 7) is 47.5. The van der Waals surface area contributed by atoms with E-state index >= 15 is 0 Å². The van der Waals surface area contributed by atoms with E-state index in [1.165, 1.54) is 99.3 Å². The van der Waals surface area contributed by atoms with Gasteiger partial charge in [-0.1, -0.05) is 117 Å². The Morgan fingerprint density at radius 1 is 0.333 bits per heavy atom. The molecule has 0 radical (unpaired) electrons. The molecule has 0 amide bonds. The standard InChI is InChI=1S/C26H39N3O3.2C23H34N2O2.C22H32N2O3.CH4/c1-3-26(4-2)15-22(32-25(26)30)9-10-27-16-20-18-29(19-21(20)17-27)24-8-6-5-7-23(24)28-11-13-31-14-12-28;1-4-23(5-2)12-21(27-22(23)26)10-11-24-13-18-15-25(16-19(18)14-24)20-8-6-17(3)7-9-20;1-4-23(5-2)12-21(27-22(23)26)9-10-24-13-18-15-25(16-19(18)14-24)20-8-6-7-17(3)11-20;1-3-22(4-2)11-18(27-21(22)26)9-10-23-12-16-14-24(15-17(16)13-23)19-7-5-6-8-20(19)25;/h5-8,20-22H,3-4,9-19H2,1-2H3;6-9,18-19,21H,4-5,10-16H2,1-3H3;6-8,11,18-19,21H,4-5,9-10,12-16H2,1-3H3;5-8,16-18,25H,3-4,9-15H2,1-2H3;1H4. The van der Waals surface area contributed by atoms with Crippen molar-refractivity contribution in [2.24, 2.45) is 69.0 Å². The van der Waals surface area contributed by atoms with Crippen molar-refractivity contribution in [1.82, 2.24) is 19.6 Å². The number of esters is 4. The van der Waals surface area contributed by atoms with Crippen molar-refractivity contribution in [3.63, 3.8) is 0 Å². The molecule has 12 atom stereocenters. The van der Waals surface area contributed by atoms with Crippen LogP contribution in [0.2, 0.25) is 0 Å². The molecule has 0 bridgehead atoms. The quantitative estimate of drug-likeness (QED) is 0.0492. The van der Waals surface area contributed by atoms with E-state index in [9.17, 15) is 24.3 Å². The lowest BCUT2D eigenvalue weighted by Crippen LogP contribution is -2.37. The molecule has 17 rings (SSSR count). The molecule has 628 valence electrons. The monoisotopic (exact) mass is 1570 g/mol. The van der Waals surface area contributed by atoms with Gasteiger partial charge in [-0.15, -0.1) is 0 Å². The number of aromatic hydroxyl groups is 1. The predicted molar refractivity (Wildman–Crippen MR) is 458 cm³/mol. The number of phenolic OH excluding ortho intramolecular Hbond substituents is 1. The molecule has 19 heteroatoms. The maximum Gasteiger partial charge on any atom is 0.312 e. The number of hydrogen-bond donors (Lipinski definition) is 1. The van der Waals surface area contributed by atoms with Crippen LogP contribution in [0.25, 0.3) is 0 Å². The Morgan fingerprint density at radius 2 is 0.632 bits per heavy atom. The average molecular weight is 1570 g/mol. The Labute approximate surface area is 684 Å². The number of cyclic esters (lactones) is 4. The summed E-state index contributed by atoms with van der Waals surface area (Å²) in [4.78, 5) is 72.1. The van der Waals surface area contributed by atoms with Crippen LogP contribution in [-0.4, -0.2) is 230 Å². The summed E-state index contributed by atoms with van der Waals surface area (Å²) in [6.07, 6.45) is 15.2. The van der Waals surface area contributed by atoms with Crippen LogP contribution < -0.4 is 24.5 Å². The molecule has 19 nitrogen and oxygen atoms in total. The van der Waals surface area contributed by atoms with E-state index in [4.69, 9.17) is 23.7 Å². The number of ether oxygens (including phenoxy) is 5. The third-order valence-electron chi connectivity index (χ3n) is 30.6. The van der Waals surface area contributed by atoms with Gasteiger partial charge in [0.1, 0.15) is 30.2 Å². The molecule has 1 N–H and O–H groups in total. The Kier molecular flexibility index (Phi) is 28.1. The lowest BCUT2D eigenvalue weighted by molar-refractivity contribution is -0.150. The van der Waals surface area contributed by atoms with Crippen LogP contribution in [-0.2, 0) is 42.9 Å². The number of carbonyl (C=O) groups excluding carboxylic acids is 4. The number of carbonyl (C=O) groups is 4. The van der Waals surface area contributed by atoms with Gasteiger partial charge >= 0.3 is 23.9 Å². The molecule has 13 aliphatic rings. The van der Waals surface area contributed by atoms with Crippen molar-refractivity contribution in [3.8, 4) is 5.75 Å². The minimum atomic E-state index is -0.232. The lowest BCUT2D eigenvalue weighted by Gasteiger charge is -2.33. The van der Waals surface area contributed by atoms with Crippen molar-refractivity contribution >= 4 is 52.3 Å². The van der Waals surface area contributed by atoms with Crippen LogP contribution in [0.4, 0.5) is 28.4 Å². The first-order valence-electron chi connectivity index (χ1n) is 44.8. The molecule has 13 aliphatic heterocycles. The highest BCUT2D eigenvalue weighted by Gasteiger charge is 2.52. The van der Waals surface area contributed by atoms with E-state index in [2.05, 4.69) is 186 Å². The SMILES string of the molecule is C.CCC1(CC)CC(CCN2CC3CN(c4ccc(C)cc4)CC3C2)OC1=O.CCC1(CC)CC(CCN2CC3CN(c4cccc(C)c4)CC3C2)OC1=O.CCC1(CC)CC(CCN2CC3CN(c4ccccc4N4CCOCC4)CC3C2)OC1=O.CCC1(CC)CC(CCN2CC3CN(c4ccccc4O)CC3C2)OC1=O. The van der Waals surface area contributed by atoms with E-state index in [-0.39, 0.29) is 77.4 Å². The van der Waals surface area contributed by atoms with Crippen LogP contribution in [0.1, 0.15) is 177 Å². The fourth-order valence-corrected chi connectivity index (χ4v) is 22.6. The molecule has 4 aromatic rings. The molecular weight excluding hydrogens is 1430 g/mol. The molecule has 13 saturated heterocycles. The first-order valence-corrected chi connectivity index (χ1v) is 44.8. The number of nitrogens with zero attached hydrogens (tertiary/aromatic N) is 9. The molecule has 13 fully saturated rings. The number of aryl methyl sites for hydroxylation is 2. The van der Waals surface area contributed by atoms with Crippen molar-refractivity contribution < 1.29 is 48.0 Å². The number of hydrogen-bond acceptors (Lipinski definition) is 19. The summed E-state index contributed by atoms with van der Waals surface area (Å²) in [7, 11) is 0. The number of likely N-dealkylation sites (tertiary alicyclic amines) is 4. The number of anilines is 5. The number of benzene rings is 4. The highest BCUT2D eigenvalue weighted by Crippen LogP contribution is 2.48. The topological polar surface area (TPSA) is 164 Å². The first-order chi connectivity index (χ1) is 54.7. The van der Waals surface area contributed by atoms with Gasteiger partial charge in [0.2, 0.25) is 0 Å². The Hall–Kier alpha value is -6.64. The van der Waals surface area contributed by atoms with Crippen molar-refractivity contribution in [2.45, 2.75) is 204 Å². The second-order valence-electron chi connectivity index (χ2n) is 37.0. The van der Waals surface area contributed by atoms with Gasteiger partial charge in [-0.05, 0) is 192 Å². The maximum absolute atomic E-state index is 12.4. The molecule has 0 aromatic heterocycles. The number of rotatable bonds is 25. The van der Waals surface area contributed by atoms with E-state index < -0.39 is 0 Å². The molecule has 0 aliphatic carbocycles. The minimum absolute atomic E-state index is 0. The third kappa shape index (κ3) is 18.8. The summed E-state index contributed by atoms with van der Waals surface area (Å²) in [5.74, 6) is 6.47. The van der Waals surface area contributed by atoms with Crippen molar-refractivity contribution in [1.29, 1.82) is 0 Å². The van der Waals surface area contributed by atoms with Crippen LogP contribution in [0.3, 0.4) is 0 Å². The zero-order valence-corrected chi connectivity index (χ0v) is 70.6. The zero-order valence-electron chi connectivity index (χ0n) is 70.6. The summed E-state index contributed by atoms with van der Waals surface area (Å²) in [6, 6.07) is 34.4. The van der Waals surface area contributed by atoms with Gasteiger partial charge in [0, 0.05) is 181 Å². The van der Waals surface area contributed by atoms with Gasteiger partial charge in [-0.25, -0.2) is 0 Å². The molecule has 12 unspecified atom stereocenters. The van der Waals surface area contributed by atoms with Crippen LogP contribution >= 0.6 is 0 Å². The summed E-state index contributed by atoms with van der Waals surface area (Å²) in [5.41, 5.74) is 8.27. The highest BCUT2D eigenvalue weighted by atomic mass is 16.6. The Morgan fingerprint density at radius 3 is 0.947 bits per heavy atom. The second kappa shape index (κ2) is 37.5. The lowest BCUT2D eigenvalue weighted by atomic mass is 9.79. The number of morpholine rings is 1. The van der Waals surface area contributed by atoms with Gasteiger partial charge < -0.3 is 72.9 Å². The molecular formula is C95H143N9O10. The smallest absolute Gasteiger partial charge is 0.312 e. The normalized spacial score (nSPS) is 29.7. The van der Waals surface area contributed by atoms with Crippen LogP contribution in [0, 0.1) is 82.9 Å². The highest BCUT2D eigenvalue weighted by molar-refractivity contribution is 5.81. The van der Waals surface area contributed by atoms with Gasteiger partial charge in [0.05, 0.1) is 51.9 Å². The Bertz CT molecular complexity index is 3760. The number of para-hydroxylation sites is 4. The summed E-state index contributed by atoms with van der Waals surface area (Å²) in [5, 5.41) is 10.1. The zero-order chi connectivity index (χ0) is 79.2. The van der Waals surface area contributed by atoms with E-state index in [0.29, 0.717) is 17.6 Å². The minimum Gasteiger partial charge on any atom is -0.506 e. The largest absolute Gasteiger partial charge is 0.506 e.